The molecule has 1 aliphatic rings. The second kappa shape index (κ2) is 4.26. The van der Waals surface area contributed by atoms with Gasteiger partial charge in [0, 0.05) is 24.2 Å². The lowest BCUT2D eigenvalue weighted by atomic mass is 9.79. The van der Waals surface area contributed by atoms with Crippen LogP contribution in [0.5, 0.6) is 0 Å². The second-order valence-electron chi connectivity index (χ2n) is 4.21. The van der Waals surface area contributed by atoms with Gasteiger partial charge in [-0.05, 0) is 19.0 Å². The maximum Gasteiger partial charge on any atom is 0.219 e. The van der Waals surface area contributed by atoms with Crippen LogP contribution < -0.4 is 5.32 Å². The Bertz CT molecular complexity index is 400. The van der Waals surface area contributed by atoms with Crippen molar-refractivity contribution in [1.82, 2.24) is 10.3 Å². The molecule has 1 aliphatic heterocycles. The number of alkyl halides is 1. The summed E-state index contributed by atoms with van der Waals surface area (Å²) in [5.74, 6) is -1.06. The number of hydrogen-bond acceptors (Lipinski definition) is 2. The number of halogens is 3. The van der Waals surface area contributed by atoms with E-state index in [-0.39, 0.29) is 22.9 Å². The first-order valence-electron chi connectivity index (χ1n) is 5.25. The van der Waals surface area contributed by atoms with Gasteiger partial charge in [0.2, 0.25) is 5.95 Å². The molecule has 2 unspecified atom stereocenters. The highest BCUT2D eigenvalue weighted by atomic mass is 35.5. The van der Waals surface area contributed by atoms with E-state index in [0.29, 0.717) is 13.1 Å². The Morgan fingerprint density at radius 1 is 1.62 bits per heavy atom. The predicted octanol–water partition coefficient (Wildman–Crippen LogP) is 2.67. The van der Waals surface area contributed by atoms with E-state index in [2.05, 4.69) is 10.3 Å². The maximum atomic E-state index is 14.8. The van der Waals surface area contributed by atoms with E-state index in [0.717, 1.165) is 0 Å². The number of rotatable bonds is 1. The lowest BCUT2D eigenvalue weighted by Gasteiger charge is -2.36. The third-order valence-corrected chi connectivity index (χ3v) is 3.36. The van der Waals surface area contributed by atoms with Crippen molar-refractivity contribution < 1.29 is 8.78 Å². The fourth-order valence-corrected chi connectivity index (χ4v) is 2.27. The van der Waals surface area contributed by atoms with E-state index in [1.165, 1.54) is 12.3 Å². The number of nitrogens with zero attached hydrogens (tertiary/aromatic N) is 1. The SMILES string of the molecule is CC1CNCCC1(F)c1cc(Cl)cnc1F. The lowest BCUT2D eigenvalue weighted by Crippen LogP contribution is -2.44. The molecule has 2 nitrogen and oxygen atoms in total. The average Bonchev–Trinajstić information content (AvgIpc) is 2.26. The minimum absolute atomic E-state index is 0.0194. The van der Waals surface area contributed by atoms with Crippen LogP contribution in [0, 0.1) is 11.9 Å². The molecule has 0 saturated carbocycles. The van der Waals surface area contributed by atoms with Crippen molar-refractivity contribution in [2.75, 3.05) is 13.1 Å². The number of piperidine rings is 1. The second-order valence-corrected chi connectivity index (χ2v) is 4.65. The summed E-state index contributed by atoms with van der Waals surface area (Å²) in [4.78, 5) is 3.47. The molecule has 0 aliphatic carbocycles. The van der Waals surface area contributed by atoms with Gasteiger partial charge in [0.15, 0.2) is 0 Å². The van der Waals surface area contributed by atoms with Gasteiger partial charge in [-0.3, -0.25) is 0 Å². The molecule has 1 N–H and O–H groups in total. The van der Waals surface area contributed by atoms with E-state index >= 15 is 0 Å². The highest BCUT2D eigenvalue weighted by Crippen LogP contribution is 2.40. The van der Waals surface area contributed by atoms with Gasteiger partial charge >= 0.3 is 0 Å². The predicted molar refractivity (Wildman–Crippen MR) is 58.6 cm³/mol. The fourth-order valence-electron chi connectivity index (χ4n) is 2.11. The normalized spacial score (nSPS) is 30.4. The summed E-state index contributed by atoms with van der Waals surface area (Å²) in [6.07, 6.45) is 1.43. The first-order chi connectivity index (χ1) is 7.54. The van der Waals surface area contributed by atoms with Crippen molar-refractivity contribution in [3.63, 3.8) is 0 Å². The Kier molecular flexibility index (Phi) is 3.13. The summed E-state index contributed by atoms with van der Waals surface area (Å²) in [7, 11) is 0. The summed E-state index contributed by atoms with van der Waals surface area (Å²) >= 11 is 5.73. The molecule has 0 bridgehead atoms. The summed E-state index contributed by atoms with van der Waals surface area (Å²) in [5.41, 5.74) is -1.69. The van der Waals surface area contributed by atoms with E-state index in [9.17, 15) is 8.78 Å². The lowest BCUT2D eigenvalue weighted by molar-refractivity contribution is 0.0504. The van der Waals surface area contributed by atoms with E-state index in [1.54, 1.807) is 6.92 Å². The Balaban J connectivity index is 2.44. The molecule has 0 amide bonds. The van der Waals surface area contributed by atoms with Crippen molar-refractivity contribution in [2.45, 2.75) is 19.0 Å². The Morgan fingerprint density at radius 2 is 2.38 bits per heavy atom. The minimum atomic E-state index is -1.67. The Labute approximate surface area is 98.0 Å². The van der Waals surface area contributed by atoms with Crippen LogP contribution in [0.4, 0.5) is 8.78 Å². The van der Waals surface area contributed by atoms with E-state index < -0.39 is 11.6 Å². The van der Waals surface area contributed by atoms with Crippen LogP contribution in [0.3, 0.4) is 0 Å². The average molecular weight is 247 g/mol. The van der Waals surface area contributed by atoms with Gasteiger partial charge in [0.25, 0.3) is 0 Å². The summed E-state index contributed by atoms with van der Waals surface area (Å²) in [6.45, 7) is 2.82. The molecule has 2 heterocycles. The summed E-state index contributed by atoms with van der Waals surface area (Å²) < 4.78 is 28.3. The molecule has 2 rings (SSSR count). The van der Waals surface area contributed by atoms with Crippen molar-refractivity contribution in [1.29, 1.82) is 0 Å². The van der Waals surface area contributed by atoms with Crippen molar-refractivity contribution in [3.8, 4) is 0 Å². The van der Waals surface area contributed by atoms with Gasteiger partial charge in [-0.15, -0.1) is 0 Å². The molecular weight excluding hydrogens is 234 g/mol. The number of nitrogens with one attached hydrogen (secondary N) is 1. The summed E-state index contributed by atoms with van der Waals surface area (Å²) in [5, 5.41) is 3.34. The molecule has 88 valence electrons. The third kappa shape index (κ3) is 1.92. The molecule has 16 heavy (non-hydrogen) atoms. The first-order valence-corrected chi connectivity index (χ1v) is 5.63. The largest absolute Gasteiger partial charge is 0.316 e. The van der Waals surface area contributed by atoms with Crippen molar-refractivity contribution >= 4 is 11.6 Å². The molecule has 1 saturated heterocycles. The van der Waals surface area contributed by atoms with Crippen LogP contribution in [0.1, 0.15) is 18.9 Å². The van der Waals surface area contributed by atoms with Crippen LogP contribution in [0.15, 0.2) is 12.3 Å². The van der Waals surface area contributed by atoms with Gasteiger partial charge in [-0.25, -0.2) is 9.37 Å². The van der Waals surface area contributed by atoms with Crippen LogP contribution >= 0.6 is 11.6 Å². The van der Waals surface area contributed by atoms with Crippen LogP contribution in [-0.4, -0.2) is 18.1 Å². The van der Waals surface area contributed by atoms with E-state index in [4.69, 9.17) is 11.6 Å². The Hall–Kier alpha value is -0.740. The molecule has 1 aromatic heterocycles. The number of aromatic nitrogens is 1. The minimum Gasteiger partial charge on any atom is -0.316 e. The van der Waals surface area contributed by atoms with Crippen LogP contribution in [0.25, 0.3) is 0 Å². The molecule has 0 aromatic carbocycles. The van der Waals surface area contributed by atoms with Crippen molar-refractivity contribution in [3.05, 3.63) is 28.8 Å². The standard InChI is InChI=1S/C11H13ClF2N2/c1-7-5-15-3-2-11(7,14)9-4-8(12)6-16-10(9)13/h4,6-7,15H,2-3,5H2,1H3. The summed E-state index contributed by atoms with van der Waals surface area (Å²) in [6, 6.07) is 1.34. The van der Waals surface area contributed by atoms with Gasteiger partial charge in [0.1, 0.15) is 5.67 Å². The van der Waals surface area contributed by atoms with Gasteiger partial charge < -0.3 is 5.32 Å². The number of hydrogen-bond donors (Lipinski definition) is 1. The molecular formula is C11H13ClF2N2. The molecule has 0 spiro atoms. The van der Waals surface area contributed by atoms with Crippen molar-refractivity contribution in [2.24, 2.45) is 5.92 Å². The maximum absolute atomic E-state index is 14.8. The zero-order chi connectivity index (χ0) is 11.8. The monoisotopic (exact) mass is 246 g/mol. The van der Waals surface area contributed by atoms with Gasteiger partial charge in [-0.1, -0.05) is 18.5 Å². The van der Waals surface area contributed by atoms with Crippen LogP contribution in [-0.2, 0) is 5.67 Å². The van der Waals surface area contributed by atoms with Crippen LogP contribution in [0.2, 0.25) is 5.02 Å². The highest BCUT2D eigenvalue weighted by Gasteiger charge is 2.42. The van der Waals surface area contributed by atoms with Gasteiger partial charge in [-0.2, -0.15) is 4.39 Å². The molecule has 2 atom stereocenters. The molecule has 1 fully saturated rings. The van der Waals surface area contributed by atoms with Gasteiger partial charge in [0.05, 0.1) is 5.02 Å². The topological polar surface area (TPSA) is 24.9 Å². The fraction of sp³-hybridized carbons (Fsp3) is 0.545. The Morgan fingerprint density at radius 3 is 3.06 bits per heavy atom. The zero-order valence-electron chi connectivity index (χ0n) is 8.93. The molecule has 0 radical (unpaired) electrons. The first kappa shape index (κ1) is 11.7. The quantitative estimate of drug-likeness (QED) is 0.771. The number of pyridine rings is 1. The third-order valence-electron chi connectivity index (χ3n) is 3.15. The van der Waals surface area contributed by atoms with E-state index in [1.807, 2.05) is 0 Å². The zero-order valence-corrected chi connectivity index (χ0v) is 9.69. The molecule has 5 heteroatoms. The highest BCUT2D eigenvalue weighted by molar-refractivity contribution is 6.30. The smallest absolute Gasteiger partial charge is 0.219 e. The molecule has 1 aromatic rings.